The van der Waals surface area contributed by atoms with Crippen molar-refractivity contribution < 1.29 is 9.90 Å². The van der Waals surface area contributed by atoms with E-state index in [1.54, 1.807) is 30.3 Å². The summed E-state index contributed by atoms with van der Waals surface area (Å²) < 4.78 is 0. The summed E-state index contributed by atoms with van der Waals surface area (Å²) in [5.74, 6) is -0.931. The van der Waals surface area contributed by atoms with Crippen molar-refractivity contribution in [2.45, 2.75) is 6.54 Å². The van der Waals surface area contributed by atoms with Crippen molar-refractivity contribution in [2.24, 2.45) is 0 Å². The van der Waals surface area contributed by atoms with E-state index < -0.39 is 5.97 Å². The van der Waals surface area contributed by atoms with Crippen LogP contribution in [0.15, 0.2) is 48.5 Å². The topological polar surface area (TPSA) is 64.3 Å². The summed E-state index contributed by atoms with van der Waals surface area (Å²) in [5, 5.41) is 18.1. The lowest BCUT2D eigenvalue weighted by molar-refractivity contribution is 0.0695. The Bertz CT molecular complexity index is 674. The number of benzene rings is 2. The summed E-state index contributed by atoms with van der Waals surface area (Å²) in [6.07, 6.45) is 0. The first-order chi connectivity index (χ1) is 9.61. The van der Waals surface area contributed by atoms with Crippen molar-refractivity contribution in [3.63, 3.8) is 0 Å². The SMILES string of the molecule is CN(Cc1ccccc1C(=O)O)c1cccc(C#N)c1. The summed E-state index contributed by atoms with van der Waals surface area (Å²) in [6.45, 7) is 0.470. The summed E-state index contributed by atoms with van der Waals surface area (Å²) in [5.41, 5.74) is 2.51. The number of nitrogens with zero attached hydrogens (tertiary/aromatic N) is 2. The third kappa shape index (κ3) is 2.96. The number of anilines is 1. The molecule has 0 aliphatic heterocycles. The zero-order valence-electron chi connectivity index (χ0n) is 11.1. The normalized spacial score (nSPS) is 9.80. The lowest BCUT2D eigenvalue weighted by Gasteiger charge is -2.20. The molecule has 0 saturated carbocycles. The molecule has 2 aromatic carbocycles. The summed E-state index contributed by atoms with van der Waals surface area (Å²) >= 11 is 0. The van der Waals surface area contributed by atoms with Crippen molar-refractivity contribution in [2.75, 3.05) is 11.9 Å². The predicted octanol–water partition coefficient (Wildman–Crippen LogP) is 2.89. The van der Waals surface area contributed by atoms with Crippen LogP contribution in [0.25, 0.3) is 0 Å². The van der Waals surface area contributed by atoms with E-state index in [2.05, 4.69) is 6.07 Å². The van der Waals surface area contributed by atoms with Crippen LogP contribution in [-0.2, 0) is 6.54 Å². The molecule has 100 valence electrons. The molecule has 20 heavy (non-hydrogen) atoms. The van der Waals surface area contributed by atoms with Gasteiger partial charge in [-0.25, -0.2) is 4.79 Å². The van der Waals surface area contributed by atoms with E-state index in [9.17, 15) is 4.79 Å². The molecule has 4 heteroatoms. The average Bonchev–Trinajstić information content (AvgIpc) is 2.47. The third-order valence-corrected chi connectivity index (χ3v) is 3.07. The van der Waals surface area contributed by atoms with Gasteiger partial charge in [0.25, 0.3) is 0 Å². The Balaban J connectivity index is 2.26. The molecule has 4 nitrogen and oxygen atoms in total. The molecule has 0 aromatic heterocycles. The largest absolute Gasteiger partial charge is 0.478 e. The van der Waals surface area contributed by atoms with Crippen molar-refractivity contribution in [1.82, 2.24) is 0 Å². The Morgan fingerprint density at radius 2 is 2.00 bits per heavy atom. The highest BCUT2D eigenvalue weighted by molar-refractivity contribution is 5.89. The second kappa shape index (κ2) is 5.89. The van der Waals surface area contributed by atoms with Gasteiger partial charge < -0.3 is 10.0 Å². The van der Waals surface area contributed by atoms with Crippen LogP contribution < -0.4 is 4.90 Å². The fraction of sp³-hybridized carbons (Fsp3) is 0.125. The molecule has 0 radical (unpaired) electrons. The minimum Gasteiger partial charge on any atom is -0.478 e. The molecule has 0 spiro atoms. The molecular weight excluding hydrogens is 252 g/mol. The van der Waals surface area contributed by atoms with Gasteiger partial charge >= 0.3 is 5.97 Å². The molecular formula is C16H14N2O2. The number of hydrogen-bond donors (Lipinski definition) is 1. The monoisotopic (exact) mass is 266 g/mol. The Labute approximate surface area is 117 Å². The van der Waals surface area contributed by atoms with E-state index in [0.29, 0.717) is 17.7 Å². The summed E-state index contributed by atoms with van der Waals surface area (Å²) in [6, 6.07) is 16.2. The minimum atomic E-state index is -0.931. The molecule has 1 N–H and O–H groups in total. The molecule has 0 bridgehead atoms. The Morgan fingerprint density at radius 1 is 1.25 bits per heavy atom. The van der Waals surface area contributed by atoms with Crippen LogP contribution in [0.2, 0.25) is 0 Å². The number of carboxylic acid groups (broad SMARTS) is 1. The molecule has 0 fully saturated rings. The van der Waals surface area contributed by atoms with Crippen molar-refractivity contribution in [3.8, 4) is 6.07 Å². The van der Waals surface area contributed by atoms with E-state index in [1.165, 1.54) is 0 Å². The Morgan fingerprint density at radius 3 is 2.70 bits per heavy atom. The fourth-order valence-electron chi connectivity index (χ4n) is 2.03. The van der Waals surface area contributed by atoms with Crippen LogP contribution in [0, 0.1) is 11.3 Å². The predicted molar refractivity (Wildman–Crippen MR) is 76.7 cm³/mol. The van der Waals surface area contributed by atoms with Crippen LogP contribution >= 0.6 is 0 Å². The highest BCUT2D eigenvalue weighted by Gasteiger charge is 2.11. The minimum absolute atomic E-state index is 0.302. The summed E-state index contributed by atoms with van der Waals surface area (Å²) in [4.78, 5) is 13.1. The van der Waals surface area contributed by atoms with Crippen LogP contribution in [0.1, 0.15) is 21.5 Å². The zero-order chi connectivity index (χ0) is 14.5. The maximum atomic E-state index is 11.2. The van der Waals surface area contributed by atoms with Gasteiger partial charge in [0.1, 0.15) is 0 Å². The molecule has 0 aliphatic rings. The lowest BCUT2D eigenvalue weighted by atomic mass is 10.1. The van der Waals surface area contributed by atoms with Crippen LogP contribution in [0.3, 0.4) is 0 Å². The molecule has 0 unspecified atom stereocenters. The van der Waals surface area contributed by atoms with Crippen LogP contribution in [0.5, 0.6) is 0 Å². The first-order valence-corrected chi connectivity index (χ1v) is 6.14. The number of nitriles is 1. The molecule has 0 atom stereocenters. The van der Waals surface area contributed by atoms with Gasteiger partial charge in [0.05, 0.1) is 17.2 Å². The quantitative estimate of drug-likeness (QED) is 0.924. The highest BCUT2D eigenvalue weighted by Crippen LogP contribution is 2.18. The standard InChI is InChI=1S/C16H14N2O2/c1-18(14-7-4-5-12(9-14)10-17)11-13-6-2-3-8-15(13)16(19)20/h2-9H,11H2,1H3,(H,19,20). The number of aromatic carboxylic acids is 1. The molecule has 2 rings (SSSR count). The molecule has 0 saturated heterocycles. The molecule has 0 amide bonds. The van der Waals surface area contributed by atoms with Gasteiger partial charge in [-0.15, -0.1) is 0 Å². The van der Waals surface area contributed by atoms with Crippen LogP contribution in [0.4, 0.5) is 5.69 Å². The summed E-state index contributed by atoms with van der Waals surface area (Å²) in [7, 11) is 1.87. The average molecular weight is 266 g/mol. The van der Waals surface area contributed by atoms with Crippen molar-refractivity contribution in [3.05, 3.63) is 65.2 Å². The van der Waals surface area contributed by atoms with Gasteiger partial charge in [0.2, 0.25) is 0 Å². The van der Waals surface area contributed by atoms with Gasteiger partial charge in [-0.05, 0) is 29.8 Å². The van der Waals surface area contributed by atoms with Gasteiger partial charge in [0.15, 0.2) is 0 Å². The van der Waals surface area contributed by atoms with E-state index in [-0.39, 0.29) is 0 Å². The maximum absolute atomic E-state index is 11.2. The molecule has 2 aromatic rings. The van der Waals surface area contributed by atoms with Crippen molar-refractivity contribution in [1.29, 1.82) is 5.26 Å². The Kier molecular flexibility index (Phi) is 4.02. The highest BCUT2D eigenvalue weighted by atomic mass is 16.4. The van der Waals surface area contributed by atoms with E-state index in [1.807, 2.05) is 30.1 Å². The number of carboxylic acids is 1. The molecule has 0 heterocycles. The number of rotatable bonds is 4. The first kappa shape index (κ1) is 13.6. The van der Waals surface area contributed by atoms with Gasteiger partial charge in [-0.2, -0.15) is 5.26 Å². The zero-order valence-corrected chi connectivity index (χ0v) is 11.1. The van der Waals surface area contributed by atoms with Gasteiger partial charge in [0, 0.05) is 19.3 Å². The second-order valence-corrected chi connectivity index (χ2v) is 4.48. The van der Waals surface area contributed by atoms with Gasteiger partial charge in [-0.3, -0.25) is 0 Å². The van der Waals surface area contributed by atoms with Crippen LogP contribution in [-0.4, -0.2) is 18.1 Å². The van der Waals surface area contributed by atoms with E-state index in [0.717, 1.165) is 11.3 Å². The van der Waals surface area contributed by atoms with Gasteiger partial charge in [-0.1, -0.05) is 24.3 Å². The van der Waals surface area contributed by atoms with E-state index in [4.69, 9.17) is 10.4 Å². The lowest BCUT2D eigenvalue weighted by Crippen LogP contribution is -2.18. The fourth-order valence-corrected chi connectivity index (χ4v) is 2.03. The van der Waals surface area contributed by atoms with E-state index >= 15 is 0 Å². The smallest absolute Gasteiger partial charge is 0.336 e. The maximum Gasteiger partial charge on any atom is 0.336 e. The Hall–Kier alpha value is -2.80. The second-order valence-electron chi connectivity index (χ2n) is 4.48. The third-order valence-electron chi connectivity index (χ3n) is 3.07. The van der Waals surface area contributed by atoms with Crippen molar-refractivity contribution >= 4 is 11.7 Å². The first-order valence-electron chi connectivity index (χ1n) is 6.14. The number of carbonyl (C=O) groups is 1. The molecule has 0 aliphatic carbocycles. The number of hydrogen-bond acceptors (Lipinski definition) is 3.